The predicted molar refractivity (Wildman–Crippen MR) is 130 cm³/mol. The van der Waals surface area contributed by atoms with E-state index < -0.39 is 18.5 Å². The molecule has 0 saturated heterocycles. The summed E-state index contributed by atoms with van der Waals surface area (Å²) in [6.45, 7) is -0.514. The Morgan fingerprint density at radius 1 is 0.833 bits per heavy atom. The van der Waals surface area contributed by atoms with Gasteiger partial charge in [0.1, 0.15) is 0 Å². The van der Waals surface area contributed by atoms with Gasteiger partial charge in [0.15, 0.2) is 6.61 Å². The monoisotopic (exact) mass is 485 g/mol. The molecule has 9 heteroatoms. The van der Waals surface area contributed by atoms with Crippen LogP contribution in [0.15, 0.2) is 72.8 Å². The maximum absolute atomic E-state index is 12.6. The van der Waals surface area contributed by atoms with Gasteiger partial charge in [0.25, 0.3) is 23.6 Å². The predicted octanol–water partition coefficient (Wildman–Crippen LogP) is 2.98. The second kappa shape index (κ2) is 10.2. The molecule has 0 fully saturated rings. The zero-order chi connectivity index (χ0) is 25.8. The molecule has 9 nitrogen and oxygen atoms in total. The summed E-state index contributed by atoms with van der Waals surface area (Å²) < 4.78 is 5.11. The summed E-state index contributed by atoms with van der Waals surface area (Å²) in [5.74, 6) is -2.20. The summed E-state index contributed by atoms with van der Waals surface area (Å²) in [6.07, 6.45) is 0. The van der Waals surface area contributed by atoms with Crippen molar-refractivity contribution < 1.29 is 28.7 Å². The van der Waals surface area contributed by atoms with E-state index in [4.69, 9.17) is 4.74 Å². The maximum Gasteiger partial charge on any atom is 0.338 e. The van der Waals surface area contributed by atoms with Gasteiger partial charge in [-0.15, -0.1) is 0 Å². The molecule has 0 unspecified atom stereocenters. The number of benzene rings is 3. The Kier molecular flexibility index (Phi) is 6.91. The minimum Gasteiger partial charge on any atom is -0.452 e. The molecule has 36 heavy (non-hydrogen) atoms. The lowest BCUT2D eigenvalue weighted by atomic mass is 10.1. The molecule has 0 aromatic heterocycles. The molecule has 0 bridgehead atoms. The second-order valence-corrected chi connectivity index (χ2v) is 8.34. The van der Waals surface area contributed by atoms with E-state index in [2.05, 4.69) is 5.32 Å². The summed E-state index contributed by atoms with van der Waals surface area (Å²) in [4.78, 5) is 64.4. The Hall–Kier alpha value is -4.79. The third-order valence-electron chi connectivity index (χ3n) is 5.54. The van der Waals surface area contributed by atoms with E-state index in [0.717, 1.165) is 4.90 Å². The van der Waals surface area contributed by atoms with Gasteiger partial charge in [0.05, 0.1) is 23.2 Å². The summed E-state index contributed by atoms with van der Waals surface area (Å²) in [5.41, 5.74) is 2.38. The van der Waals surface area contributed by atoms with Crippen molar-refractivity contribution in [2.75, 3.05) is 26.0 Å². The van der Waals surface area contributed by atoms with Crippen molar-refractivity contribution in [3.8, 4) is 0 Å². The quantitative estimate of drug-likeness (QED) is 0.407. The molecule has 1 aliphatic rings. The van der Waals surface area contributed by atoms with Crippen molar-refractivity contribution in [1.29, 1.82) is 0 Å². The van der Waals surface area contributed by atoms with E-state index in [-0.39, 0.29) is 29.8 Å². The number of esters is 1. The third kappa shape index (κ3) is 5.15. The summed E-state index contributed by atoms with van der Waals surface area (Å²) >= 11 is 0. The molecule has 4 rings (SSSR count). The van der Waals surface area contributed by atoms with Crippen molar-refractivity contribution in [3.05, 3.63) is 101 Å². The molecule has 0 saturated carbocycles. The van der Waals surface area contributed by atoms with E-state index in [0.29, 0.717) is 27.9 Å². The van der Waals surface area contributed by atoms with Crippen LogP contribution in [-0.2, 0) is 16.1 Å². The number of rotatable bonds is 7. The average molecular weight is 485 g/mol. The van der Waals surface area contributed by atoms with Crippen LogP contribution >= 0.6 is 0 Å². The van der Waals surface area contributed by atoms with Crippen molar-refractivity contribution in [2.45, 2.75) is 6.54 Å². The SMILES string of the molecule is CN(C)C(=O)c1ccc(NC(=O)COC(=O)c2cccc(CN3C(=O)c4ccccc4C3=O)c2)cc1. The Morgan fingerprint density at radius 3 is 2.08 bits per heavy atom. The van der Waals surface area contributed by atoms with Crippen LogP contribution in [0.3, 0.4) is 0 Å². The first-order valence-electron chi connectivity index (χ1n) is 11.1. The topological polar surface area (TPSA) is 113 Å². The molecule has 4 amide bonds. The summed E-state index contributed by atoms with van der Waals surface area (Å²) in [7, 11) is 3.29. The molecule has 3 aromatic rings. The molecule has 1 aliphatic heterocycles. The Balaban J connectivity index is 1.33. The largest absolute Gasteiger partial charge is 0.452 e. The van der Waals surface area contributed by atoms with Gasteiger partial charge in [-0.3, -0.25) is 24.1 Å². The van der Waals surface area contributed by atoms with Gasteiger partial charge >= 0.3 is 5.97 Å². The number of nitrogens with zero attached hydrogens (tertiary/aromatic N) is 2. The van der Waals surface area contributed by atoms with Crippen LogP contribution in [0.2, 0.25) is 0 Å². The minimum absolute atomic E-state index is 0.000271. The molecule has 0 spiro atoms. The number of ether oxygens (including phenoxy) is 1. The van der Waals surface area contributed by atoms with Crippen LogP contribution in [0.1, 0.15) is 47.0 Å². The number of carbonyl (C=O) groups is 5. The number of anilines is 1. The van der Waals surface area contributed by atoms with E-state index >= 15 is 0 Å². The molecule has 0 atom stereocenters. The first-order chi connectivity index (χ1) is 17.2. The van der Waals surface area contributed by atoms with Crippen molar-refractivity contribution in [1.82, 2.24) is 9.80 Å². The molecule has 0 aliphatic carbocycles. The van der Waals surface area contributed by atoms with Crippen LogP contribution in [0.4, 0.5) is 5.69 Å². The van der Waals surface area contributed by atoms with Gasteiger partial charge < -0.3 is 15.0 Å². The fourth-order valence-electron chi connectivity index (χ4n) is 3.73. The number of hydrogen-bond acceptors (Lipinski definition) is 6. The number of fused-ring (bicyclic) bond motifs is 1. The zero-order valence-corrected chi connectivity index (χ0v) is 19.7. The lowest BCUT2D eigenvalue weighted by molar-refractivity contribution is -0.119. The Bertz CT molecular complexity index is 1330. The normalized spacial score (nSPS) is 12.2. The van der Waals surface area contributed by atoms with Gasteiger partial charge in [-0.1, -0.05) is 24.3 Å². The molecular formula is C27H23N3O6. The van der Waals surface area contributed by atoms with Gasteiger partial charge in [-0.2, -0.15) is 0 Å². The fraction of sp³-hybridized carbons (Fsp3) is 0.148. The minimum atomic E-state index is -0.721. The van der Waals surface area contributed by atoms with Gasteiger partial charge in [0, 0.05) is 25.3 Å². The molecular weight excluding hydrogens is 462 g/mol. The number of hydrogen-bond donors (Lipinski definition) is 1. The van der Waals surface area contributed by atoms with Crippen LogP contribution in [0.5, 0.6) is 0 Å². The van der Waals surface area contributed by atoms with Gasteiger partial charge in [0.2, 0.25) is 0 Å². The zero-order valence-electron chi connectivity index (χ0n) is 19.7. The highest BCUT2D eigenvalue weighted by Crippen LogP contribution is 2.24. The van der Waals surface area contributed by atoms with Crippen molar-refractivity contribution in [3.63, 3.8) is 0 Å². The molecule has 182 valence electrons. The first kappa shape index (κ1) is 24.3. The van der Waals surface area contributed by atoms with E-state index in [1.54, 1.807) is 74.8 Å². The number of amides is 4. The summed E-state index contributed by atoms with van der Waals surface area (Å²) in [5, 5.41) is 2.60. The highest BCUT2D eigenvalue weighted by molar-refractivity contribution is 6.21. The fourth-order valence-corrected chi connectivity index (χ4v) is 3.73. The second-order valence-electron chi connectivity index (χ2n) is 8.34. The van der Waals surface area contributed by atoms with Crippen LogP contribution in [0.25, 0.3) is 0 Å². The van der Waals surface area contributed by atoms with Gasteiger partial charge in [-0.25, -0.2) is 4.79 Å². The smallest absolute Gasteiger partial charge is 0.338 e. The van der Waals surface area contributed by atoms with Crippen LogP contribution < -0.4 is 5.32 Å². The lowest BCUT2D eigenvalue weighted by Gasteiger charge is -2.14. The van der Waals surface area contributed by atoms with E-state index in [9.17, 15) is 24.0 Å². The lowest BCUT2D eigenvalue weighted by Crippen LogP contribution is -2.29. The van der Waals surface area contributed by atoms with Crippen LogP contribution in [0, 0.1) is 0 Å². The van der Waals surface area contributed by atoms with Crippen molar-refractivity contribution >= 4 is 35.3 Å². The Morgan fingerprint density at radius 2 is 1.47 bits per heavy atom. The molecule has 0 radical (unpaired) electrons. The highest BCUT2D eigenvalue weighted by Gasteiger charge is 2.35. The van der Waals surface area contributed by atoms with E-state index in [1.165, 1.54) is 17.0 Å². The molecule has 3 aromatic carbocycles. The Labute approximate surface area is 207 Å². The van der Waals surface area contributed by atoms with Crippen LogP contribution in [-0.4, -0.2) is 60.1 Å². The number of nitrogens with one attached hydrogen (secondary N) is 1. The first-order valence-corrected chi connectivity index (χ1v) is 11.1. The number of imide groups is 1. The third-order valence-corrected chi connectivity index (χ3v) is 5.54. The van der Waals surface area contributed by atoms with E-state index in [1.807, 2.05) is 0 Å². The molecule has 1 heterocycles. The highest BCUT2D eigenvalue weighted by atomic mass is 16.5. The standard InChI is InChI=1S/C27H23N3O6/c1-29(2)24(32)18-10-12-20(13-11-18)28-23(31)16-36-27(35)19-7-5-6-17(14-19)15-30-25(33)21-8-3-4-9-22(21)26(30)34/h3-14H,15-16H2,1-2H3,(H,28,31). The van der Waals surface area contributed by atoms with Gasteiger partial charge in [-0.05, 0) is 54.1 Å². The molecule has 1 N–H and O–H groups in total. The summed E-state index contributed by atoms with van der Waals surface area (Å²) in [6, 6.07) is 19.3. The average Bonchev–Trinajstić information content (AvgIpc) is 3.12. The van der Waals surface area contributed by atoms with Crippen molar-refractivity contribution in [2.24, 2.45) is 0 Å². The maximum atomic E-state index is 12.6. The number of carbonyl (C=O) groups excluding carboxylic acids is 5.